The minimum atomic E-state index is -2.67. The number of hydrogen-bond donors (Lipinski definition) is 0. The van der Waals surface area contributed by atoms with E-state index in [4.69, 9.17) is 0 Å². The van der Waals surface area contributed by atoms with Gasteiger partial charge in [0.15, 0.2) is 0 Å². The molecule has 2 heterocycles. The van der Waals surface area contributed by atoms with Crippen molar-refractivity contribution in [2.75, 3.05) is 11.9 Å². The van der Waals surface area contributed by atoms with Crippen molar-refractivity contribution in [1.82, 2.24) is 19.7 Å². The fraction of sp³-hybridized carbons (Fsp3) is 0.235. The highest BCUT2D eigenvalue weighted by atomic mass is 79.9. The molecule has 0 N–H and O–H groups in total. The normalized spacial score (nSPS) is 11.1. The lowest BCUT2D eigenvalue weighted by atomic mass is 10.1. The van der Waals surface area contributed by atoms with Crippen LogP contribution in [-0.4, -0.2) is 26.8 Å². The number of aryl methyl sites for hydroxylation is 1. The van der Waals surface area contributed by atoms with E-state index in [-0.39, 0.29) is 11.6 Å². The Morgan fingerprint density at radius 2 is 1.88 bits per heavy atom. The van der Waals surface area contributed by atoms with E-state index in [1.807, 2.05) is 43.6 Å². The third kappa shape index (κ3) is 4.19. The van der Waals surface area contributed by atoms with Crippen molar-refractivity contribution in [1.29, 1.82) is 0 Å². The van der Waals surface area contributed by atoms with Gasteiger partial charge in [-0.2, -0.15) is 5.10 Å². The van der Waals surface area contributed by atoms with Crippen LogP contribution in [0.1, 0.15) is 17.8 Å². The topological polar surface area (TPSA) is 46.8 Å². The second-order valence-electron chi connectivity index (χ2n) is 5.62. The molecule has 0 radical (unpaired) electrons. The zero-order valence-corrected chi connectivity index (χ0v) is 15.3. The van der Waals surface area contributed by atoms with Crippen LogP contribution in [0.4, 0.5) is 14.7 Å². The third-order valence-electron chi connectivity index (χ3n) is 3.61. The summed E-state index contributed by atoms with van der Waals surface area (Å²) in [5.74, 6) is 0.237. The number of benzene rings is 1. The first-order valence-corrected chi connectivity index (χ1v) is 8.34. The summed E-state index contributed by atoms with van der Waals surface area (Å²) in [6, 6.07) is 10.5. The van der Waals surface area contributed by atoms with Crippen molar-refractivity contribution in [3.05, 3.63) is 58.5 Å². The molecular weight excluding hydrogens is 392 g/mol. The molecule has 0 aliphatic carbocycles. The summed E-state index contributed by atoms with van der Waals surface area (Å²) in [5.41, 5.74) is 1.72. The summed E-state index contributed by atoms with van der Waals surface area (Å²) < 4.78 is 29.1. The molecule has 0 unspecified atom stereocenters. The SMILES string of the molecule is CN(Cc1ccn(C)n1)c1nc(-c2ccc(Br)cc2)cc(C(F)F)n1. The van der Waals surface area contributed by atoms with Crippen LogP contribution in [0.2, 0.25) is 0 Å². The van der Waals surface area contributed by atoms with Gasteiger partial charge in [-0.05, 0) is 24.3 Å². The van der Waals surface area contributed by atoms with Gasteiger partial charge in [0.1, 0.15) is 5.69 Å². The average Bonchev–Trinajstić information content (AvgIpc) is 3.00. The van der Waals surface area contributed by atoms with Crippen LogP contribution < -0.4 is 4.90 Å². The van der Waals surface area contributed by atoms with Gasteiger partial charge < -0.3 is 4.90 Å². The summed E-state index contributed by atoms with van der Waals surface area (Å²) in [6.45, 7) is 0.424. The van der Waals surface area contributed by atoms with Crippen molar-refractivity contribution >= 4 is 21.9 Å². The maximum absolute atomic E-state index is 13.3. The monoisotopic (exact) mass is 407 g/mol. The van der Waals surface area contributed by atoms with Crippen LogP contribution in [0.15, 0.2) is 47.1 Å². The third-order valence-corrected chi connectivity index (χ3v) is 4.14. The number of rotatable bonds is 5. The summed E-state index contributed by atoms with van der Waals surface area (Å²) >= 11 is 3.36. The first kappa shape index (κ1) is 17.5. The Morgan fingerprint density at radius 3 is 2.48 bits per heavy atom. The van der Waals surface area contributed by atoms with Gasteiger partial charge >= 0.3 is 0 Å². The zero-order chi connectivity index (χ0) is 18.0. The van der Waals surface area contributed by atoms with Crippen molar-refractivity contribution in [3.8, 4) is 11.3 Å². The van der Waals surface area contributed by atoms with E-state index in [1.54, 1.807) is 16.6 Å². The smallest absolute Gasteiger partial charge is 0.280 e. The molecule has 0 bridgehead atoms. The van der Waals surface area contributed by atoms with E-state index >= 15 is 0 Å². The lowest BCUT2D eigenvalue weighted by Crippen LogP contribution is -2.20. The molecule has 0 spiro atoms. The second-order valence-corrected chi connectivity index (χ2v) is 6.54. The predicted molar refractivity (Wildman–Crippen MR) is 95.4 cm³/mol. The van der Waals surface area contributed by atoms with E-state index in [0.717, 1.165) is 15.7 Å². The molecule has 0 saturated heterocycles. The first-order chi connectivity index (χ1) is 11.9. The lowest BCUT2D eigenvalue weighted by Gasteiger charge is -2.17. The number of hydrogen-bond acceptors (Lipinski definition) is 4. The Bertz CT molecular complexity index is 864. The number of anilines is 1. The van der Waals surface area contributed by atoms with E-state index in [0.29, 0.717) is 12.2 Å². The van der Waals surface area contributed by atoms with E-state index in [2.05, 4.69) is 31.0 Å². The van der Waals surface area contributed by atoms with Gasteiger partial charge in [-0.15, -0.1) is 0 Å². The molecule has 0 aliphatic rings. The molecule has 130 valence electrons. The summed E-state index contributed by atoms with van der Waals surface area (Å²) in [5, 5.41) is 4.29. The Kier molecular flexibility index (Phi) is 5.08. The van der Waals surface area contributed by atoms with Gasteiger partial charge in [-0.1, -0.05) is 28.1 Å². The molecule has 0 atom stereocenters. The molecule has 25 heavy (non-hydrogen) atoms. The highest BCUT2D eigenvalue weighted by Crippen LogP contribution is 2.26. The van der Waals surface area contributed by atoms with Gasteiger partial charge in [-0.25, -0.2) is 18.7 Å². The van der Waals surface area contributed by atoms with Crippen LogP contribution in [-0.2, 0) is 13.6 Å². The predicted octanol–water partition coefficient (Wildman–Crippen LogP) is 4.21. The molecule has 3 aromatic rings. The minimum absolute atomic E-state index is 0.237. The molecule has 3 rings (SSSR count). The highest BCUT2D eigenvalue weighted by Gasteiger charge is 2.16. The van der Waals surface area contributed by atoms with Crippen molar-refractivity contribution < 1.29 is 8.78 Å². The van der Waals surface area contributed by atoms with Crippen LogP contribution >= 0.6 is 15.9 Å². The van der Waals surface area contributed by atoms with Crippen LogP contribution in [0, 0.1) is 0 Å². The average molecular weight is 408 g/mol. The van der Waals surface area contributed by atoms with Crippen LogP contribution in [0.25, 0.3) is 11.3 Å². The molecule has 1 aromatic carbocycles. The lowest BCUT2D eigenvalue weighted by molar-refractivity contribution is 0.146. The van der Waals surface area contributed by atoms with Gasteiger partial charge in [-0.3, -0.25) is 4.68 Å². The molecule has 0 amide bonds. The summed E-state index contributed by atoms with van der Waals surface area (Å²) in [4.78, 5) is 10.2. The van der Waals surface area contributed by atoms with E-state index in [1.165, 1.54) is 6.07 Å². The Morgan fingerprint density at radius 1 is 1.16 bits per heavy atom. The molecule has 0 saturated carbocycles. The van der Waals surface area contributed by atoms with Crippen LogP contribution in [0.3, 0.4) is 0 Å². The number of halogens is 3. The van der Waals surface area contributed by atoms with Gasteiger partial charge in [0.25, 0.3) is 6.43 Å². The van der Waals surface area contributed by atoms with E-state index < -0.39 is 6.43 Å². The quantitative estimate of drug-likeness (QED) is 0.635. The van der Waals surface area contributed by atoms with E-state index in [9.17, 15) is 8.78 Å². The van der Waals surface area contributed by atoms with Gasteiger partial charge in [0.05, 0.1) is 17.9 Å². The van der Waals surface area contributed by atoms with Crippen LogP contribution in [0.5, 0.6) is 0 Å². The first-order valence-electron chi connectivity index (χ1n) is 7.55. The second kappa shape index (κ2) is 7.26. The van der Waals surface area contributed by atoms with Crippen molar-refractivity contribution in [2.24, 2.45) is 7.05 Å². The summed E-state index contributed by atoms with van der Waals surface area (Å²) in [7, 11) is 3.58. The standard InChI is InChI=1S/C17H16BrF2N5/c1-24(10-13-7-8-25(2)23-13)17-21-14(9-15(22-17)16(19)20)11-3-5-12(18)6-4-11/h3-9,16H,10H2,1-2H3. The number of alkyl halides is 2. The fourth-order valence-corrected chi connectivity index (χ4v) is 2.63. The Balaban J connectivity index is 1.96. The fourth-order valence-electron chi connectivity index (χ4n) is 2.37. The molecule has 8 heteroatoms. The Labute approximate surface area is 152 Å². The maximum Gasteiger partial charge on any atom is 0.280 e. The summed E-state index contributed by atoms with van der Waals surface area (Å²) in [6.07, 6.45) is -0.841. The highest BCUT2D eigenvalue weighted by molar-refractivity contribution is 9.10. The minimum Gasteiger partial charge on any atom is -0.338 e. The number of nitrogens with zero attached hydrogens (tertiary/aromatic N) is 5. The molecule has 5 nitrogen and oxygen atoms in total. The Hall–Kier alpha value is -2.35. The van der Waals surface area contributed by atoms with Gasteiger partial charge in [0.2, 0.25) is 5.95 Å². The molecule has 0 fully saturated rings. The largest absolute Gasteiger partial charge is 0.338 e. The number of aromatic nitrogens is 4. The molecule has 2 aromatic heterocycles. The van der Waals surface area contributed by atoms with Crippen molar-refractivity contribution in [3.63, 3.8) is 0 Å². The molecular formula is C17H16BrF2N5. The maximum atomic E-state index is 13.3. The molecule has 0 aliphatic heterocycles. The van der Waals surface area contributed by atoms with Gasteiger partial charge in [0, 0.05) is 30.3 Å². The van der Waals surface area contributed by atoms with Crippen molar-refractivity contribution in [2.45, 2.75) is 13.0 Å². The zero-order valence-electron chi connectivity index (χ0n) is 13.7.